The molecule has 0 radical (unpaired) electrons. The summed E-state index contributed by atoms with van der Waals surface area (Å²) in [6, 6.07) is 17.0. The van der Waals surface area contributed by atoms with Crippen molar-refractivity contribution < 1.29 is 18.3 Å². The molecule has 0 saturated heterocycles. The minimum Gasteiger partial charge on any atom is -0.484 e. The van der Waals surface area contributed by atoms with E-state index < -0.39 is 5.82 Å². The number of carbonyl (C=O) groups is 1. The number of hydrogen-bond acceptors (Lipinski definition) is 4. The maximum Gasteiger partial charge on any atom is 0.281 e. The number of aryl methyl sites for hydroxylation is 1. The summed E-state index contributed by atoms with van der Waals surface area (Å²) < 4.78 is 24.3. The Labute approximate surface area is 162 Å². The molecule has 0 fully saturated rings. The van der Waals surface area contributed by atoms with Crippen molar-refractivity contribution in [2.24, 2.45) is 5.10 Å². The van der Waals surface area contributed by atoms with Crippen LogP contribution in [0, 0.1) is 12.7 Å². The van der Waals surface area contributed by atoms with Gasteiger partial charge in [0.05, 0.1) is 12.0 Å². The lowest BCUT2D eigenvalue weighted by molar-refractivity contribution is -0.135. The van der Waals surface area contributed by atoms with Gasteiger partial charge in [-0.3, -0.25) is 4.79 Å². The summed E-state index contributed by atoms with van der Waals surface area (Å²) in [4.78, 5) is 12.8. The number of furan rings is 1. The Morgan fingerprint density at radius 1 is 1.21 bits per heavy atom. The van der Waals surface area contributed by atoms with E-state index in [1.807, 2.05) is 37.3 Å². The van der Waals surface area contributed by atoms with Crippen LogP contribution in [0.2, 0.25) is 0 Å². The number of hydrogen-bond donors (Lipinski definition) is 0. The summed E-state index contributed by atoms with van der Waals surface area (Å²) in [6.45, 7) is 1.77. The second-order valence-corrected chi connectivity index (χ2v) is 6.63. The molecule has 0 aliphatic carbocycles. The highest BCUT2D eigenvalue weighted by Gasteiger charge is 2.35. The molecule has 28 heavy (non-hydrogen) atoms. The van der Waals surface area contributed by atoms with Gasteiger partial charge in [-0.15, -0.1) is 0 Å². The average molecular weight is 378 g/mol. The van der Waals surface area contributed by atoms with Crippen LogP contribution in [0.4, 0.5) is 4.39 Å². The molecule has 5 nitrogen and oxygen atoms in total. The summed E-state index contributed by atoms with van der Waals surface area (Å²) in [5.41, 5.74) is 2.92. The number of ether oxygens (including phenoxy) is 1. The van der Waals surface area contributed by atoms with E-state index >= 15 is 0 Å². The Balaban J connectivity index is 1.55. The van der Waals surface area contributed by atoms with Gasteiger partial charge in [0.2, 0.25) is 0 Å². The molecule has 3 aromatic rings. The lowest BCUT2D eigenvalue weighted by Gasteiger charge is -2.20. The molecule has 0 saturated carbocycles. The predicted octanol–water partition coefficient (Wildman–Crippen LogP) is 4.48. The first-order valence-corrected chi connectivity index (χ1v) is 8.98. The number of nitrogens with zero attached hydrogens (tertiary/aromatic N) is 2. The molecule has 6 heteroatoms. The fourth-order valence-corrected chi connectivity index (χ4v) is 3.13. The molecular formula is C22H19FN2O3. The lowest BCUT2D eigenvalue weighted by atomic mass is 10.0. The molecule has 1 aromatic heterocycles. The van der Waals surface area contributed by atoms with Crippen LogP contribution in [0.3, 0.4) is 0 Å². The van der Waals surface area contributed by atoms with Gasteiger partial charge in [0, 0.05) is 12.5 Å². The van der Waals surface area contributed by atoms with Crippen molar-refractivity contribution in [1.29, 1.82) is 0 Å². The molecule has 1 aliphatic heterocycles. The summed E-state index contributed by atoms with van der Waals surface area (Å²) >= 11 is 0. The van der Waals surface area contributed by atoms with Crippen LogP contribution in [0.1, 0.15) is 29.3 Å². The first-order chi connectivity index (χ1) is 13.6. The second-order valence-electron chi connectivity index (χ2n) is 6.63. The van der Waals surface area contributed by atoms with Crippen molar-refractivity contribution in [3.63, 3.8) is 0 Å². The van der Waals surface area contributed by atoms with Crippen LogP contribution in [0.5, 0.6) is 5.75 Å². The fraction of sp³-hybridized carbons (Fsp3) is 0.182. The number of amides is 1. The third kappa shape index (κ3) is 3.81. The molecule has 0 N–H and O–H groups in total. The Hall–Kier alpha value is -3.41. The Morgan fingerprint density at radius 2 is 2.04 bits per heavy atom. The highest BCUT2D eigenvalue weighted by Crippen LogP contribution is 2.33. The highest BCUT2D eigenvalue weighted by atomic mass is 19.1. The van der Waals surface area contributed by atoms with Gasteiger partial charge in [-0.1, -0.05) is 35.9 Å². The van der Waals surface area contributed by atoms with Gasteiger partial charge >= 0.3 is 0 Å². The van der Waals surface area contributed by atoms with Crippen LogP contribution >= 0.6 is 0 Å². The van der Waals surface area contributed by atoms with Gasteiger partial charge in [0.25, 0.3) is 5.91 Å². The van der Waals surface area contributed by atoms with Crippen molar-refractivity contribution in [3.05, 3.63) is 89.6 Å². The van der Waals surface area contributed by atoms with Crippen molar-refractivity contribution in [2.45, 2.75) is 19.4 Å². The van der Waals surface area contributed by atoms with E-state index in [1.54, 1.807) is 18.4 Å². The van der Waals surface area contributed by atoms with Crippen molar-refractivity contribution >= 4 is 11.6 Å². The van der Waals surface area contributed by atoms with Gasteiger partial charge in [0.15, 0.2) is 6.61 Å². The normalized spacial score (nSPS) is 16.1. The first-order valence-electron chi connectivity index (χ1n) is 8.98. The zero-order chi connectivity index (χ0) is 19.5. The second kappa shape index (κ2) is 7.68. The maximum absolute atomic E-state index is 13.3. The van der Waals surface area contributed by atoms with Crippen LogP contribution in [0.25, 0.3) is 0 Å². The van der Waals surface area contributed by atoms with Gasteiger partial charge < -0.3 is 9.15 Å². The SMILES string of the molecule is Cc1ccc(C2=NN(C(=O)COc3cccc(F)c3)[C@@H](c3ccco3)C2)cc1. The fourth-order valence-electron chi connectivity index (χ4n) is 3.13. The average Bonchev–Trinajstić information content (AvgIpc) is 3.36. The molecule has 2 heterocycles. The molecule has 1 atom stereocenters. The van der Waals surface area contributed by atoms with Crippen molar-refractivity contribution in [1.82, 2.24) is 5.01 Å². The van der Waals surface area contributed by atoms with Gasteiger partial charge in [0.1, 0.15) is 23.4 Å². The highest BCUT2D eigenvalue weighted by molar-refractivity contribution is 6.03. The maximum atomic E-state index is 13.3. The number of benzene rings is 2. The van der Waals surface area contributed by atoms with Gasteiger partial charge in [-0.25, -0.2) is 9.40 Å². The smallest absolute Gasteiger partial charge is 0.281 e. The predicted molar refractivity (Wildman–Crippen MR) is 103 cm³/mol. The largest absolute Gasteiger partial charge is 0.484 e. The molecule has 0 bridgehead atoms. The molecule has 0 unspecified atom stereocenters. The Morgan fingerprint density at radius 3 is 2.75 bits per heavy atom. The van der Waals surface area contributed by atoms with Crippen LogP contribution in [-0.2, 0) is 4.79 Å². The van der Waals surface area contributed by atoms with E-state index in [0.29, 0.717) is 17.9 Å². The van der Waals surface area contributed by atoms with Crippen LogP contribution in [0.15, 0.2) is 76.4 Å². The summed E-state index contributed by atoms with van der Waals surface area (Å²) in [7, 11) is 0. The zero-order valence-electron chi connectivity index (χ0n) is 15.3. The summed E-state index contributed by atoms with van der Waals surface area (Å²) in [6.07, 6.45) is 2.12. The van der Waals surface area contributed by atoms with E-state index in [1.165, 1.54) is 23.2 Å². The number of halogens is 1. The topological polar surface area (TPSA) is 55.0 Å². The first kappa shape index (κ1) is 18.0. The van der Waals surface area contributed by atoms with E-state index in [-0.39, 0.29) is 18.6 Å². The summed E-state index contributed by atoms with van der Waals surface area (Å²) in [5.74, 6) is 0.210. The van der Waals surface area contributed by atoms with Crippen molar-refractivity contribution in [2.75, 3.05) is 6.61 Å². The molecule has 0 spiro atoms. The molecular weight excluding hydrogens is 359 g/mol. The number of hydrazone groups is 1. The van der Waals surface area contributed by atoms with Crippen LogP contribution < -0.4 is 4.74 Å². The zero-order valence-corrected chi connectivity index (χ0v) is 15.3. The molecule has 1 amide bonds. The lowest BCUT2D eigenvalue weighted by Crippen LogP contribution is -2.31. The van der Waals surface area contributed by atoms with E-state index in [2.05, 4.69) is 5.10 Å². The quantitative estimate of drug-likeness (QED) is 0.658. The number of rotatable bonds is 5. The third-order valence-electron chi connectivity index (χ3n) is 4.58. The van der Waals surface area contributed by atoms with E-state index in [0.717, 1.165) is 16.8 Å². The van der Waals surface area contributed by atoms with Crippen molar-refractivity contribution in [3.8, 4) is 5.75 Å². The monoisotopic (exact) mass is 378 g/mol. The minimum atomic E-state index is -0.417. The van der Waals surface area contributed by atoms with Gasteiger partial charge in [-0.05, 0) is 36.8 Å². The van der Waals surface area contributed by atoms with Crippen LogP contribution in [-0.4, -0.2) is 23.2 Å². The van der Waals surface area contributed by atoms with E-state index in [9.17, 15) is 9.18 Å². The number of carbonyl (C=O) groups excluding carboxylic acids is 1. The standard InChI is InChI=1S/C22H19FN2O3/c1-15-7-9-16(10-8-15)19-13-20(21-6-3-11-27-21)25(24-19)22(26)14-28-18-5-2-4-17(23)12-18/h2-12,20H,13-14H2,1H3/t20-/m1/s1. The molecule has 142 valence electrons. The summed E-state index contributed by atoms with van der Waals surface area (Å²) in [5, 5.41) is 5.94. The third-order valence-corrected chi connectivity index (χ3v) is 4.58. The van der Waals surface area contributed by atoms with Gasteiger partial charge in [-0.2, -0.15) is 5.10 Å². The Bertz CT molecular complexity index is 997. The molecule has 2 aromatic carbocycles. The Kier molecular flexibility index (Phi) is 4.93. The molecule has 1 aliphatic rings. The minimum absolute atomic E-state index is 0.245. The van der Waals surface area contributed by atoms with E-state index in [4.69, 9.17) is 9.15 Å². The molecule has 4 rings (SSSR count).